The van der Waals surface area contributed by atoms with Gasteiger partial charge in [0.1, 0.15) is 6.10 Å². The Kier molecular flexibility index (Phi) is 22.1. The lowest BCUT2D eigenvalue weighted by Gasteiger charge is -2.26. The number of hydrogen-bond donors (Lipinski definition) is 4. The van der Waals surface area contributed by atoms with Crippen LogP contribution in [-0.2, 0) is 4.79 Å². The monoisotopic (exact) mass is 443 g/mol. The second kappa shape index (κ2) is 22.5. The molecule has 0 fully saturated rings. The van der Waals surface area contributed by atoms with Gasteiger partial charge in [0.05, 0.1) is 18.8 Å². The number of carbonyl (C=O) groups is 1. The summed E-state index contributed by atoms with van der Waals surface area (Å²) in [6.45, 7) is 4.04. The van der Waals surface area contributed by atoms with Crippen molar-refractivity contribution in [3.8, 4) is 0 Å². The van der Waals surface area contributed by atoms with Crippen molar-refractivity contribution in [3.63, 3.8) is 0 Å². The summed E-state index contributed by atoms with van der Waals surface area (Å²) < 4.78 is 0. The number of aliphatic hydroxyl groups is 3. The van der Waals surface area contributed by atoms with Gasteiger partial charge in [-0.05, 0) is 12.8 Å². The molecule has 5 nitrogen and oxygen atoms in total. The number of rotatable bonds is 23. The van der Waals surface area contributed by atoms with Crippen LogP contribution in [0.5, 0.6) is 0 Å². The topological polar surface area (TPSA) is 89.8 Å². The van der Waals surface area contributed by atoms with E-state index in [9.17, 15) is 20.1 Å². The number of aliphatic hydroxyl groups excluding tert-OH is 3. The lowest BCUT2D eigenvalue weighted by molar-refractivity contribution is -0.124. The van der Waals surface area contributed by atoms with Gasteiger partial charge in [-0.3, -0.25) is 4.79 Å². The van der Waals surface area contributed by atoms with Crippen LogP contribution in [0, 0.1) is 0 Å². The van der Waals surface area contributed by atoms with Gasteiger partial charge < -0.3 is 20.6 Å². The lowest BCUT2D eigenvalue weighted by Crippen LogP contribution is -2.50. The molecule has 0 saturated carbocycles. The third-order valence-electron chi connectivity index (χ3n) is 6.21. The van der Waals surface area contributed by atoms with Crippen LogP contribution in [0.2, 0.25) is 0 Å². The van der Waals surface area contributed by atoms with Crippen molar-refractivity contribution in [2.75, 3.05) is 6.61 Å². The summed E-state index contributed by atoms with van der Waals surface area (Å²) in [5.41, 5.74) is 0. The molecule has 0 aromatic rings. The average Bonchev–Trinajstić information content (AvgIpc) is 2.77. The summed E-state index contributed by atoms with van der Waals surface area (Å²) in [5.74, 6) is -0.160. The highest BCUT2D eigenvalue weighted by Gasteiger charge is 2.26. The molecule has 31 heavy (non-hydrogen) atoms. The van der Waals surface area contributed by atoms with Crippen LogP contribution in [0.25, 0.3) is 0 Å². The minimum Gasteiger partial charge on any atom is -0.394 e. The summed E-state index contributed by atoms with van der Waals surface area (Å²) in [4.78, 5) is 12.0. The Balaban J connectivity index is 3.76. The van der Waals surface area contributed by atoms with Gasteiger partial charge in [-0.2, -0.15) is 0 Å². The van der Waals surface area contributed by atoms with Crippen LogP contribution in [0.1, 0.15) is 136 Å². The molecule has 0 aromatic carbocycles. The highest BCUT2D eigenvalue weighted by Crippen LogP contribution is 2.15. The maximum atomic E-state index is 12.0. The Bertz CT molecular complexity index is 392. The van der Waals surface area contributed by atoms with E-state index in [1.165, 1.54) is 70.6 Å². The Morgan fingerprint density at radius 3 is 1.55 bits per heavy atom. The van der Waals surface area contributed by atoms with Crippen molar-refractivity contribution in [1.29, 1.82) is 0 Å². The second-order valence-electron chi connectivity index (χ2n) is 9.26. The second-order valence-corrected chi connectivity index (χ2v) is 9.26. The molecule has 0 aromatic heterocycles. The molecule has 0 rings (SSSR count). The molecule has 0 radical (unpaired) electrons. The van der Waals surface area contributed by atoms with E-state index in [2.05, 4.69) is 19.2 Å². The van der Waals surface area contributed by atoms with Gasteiger partial charge in [0.25, 0.3) is 0 Å². The highest BCUT2D eigenvalue weighted by atomic mass is 16.3. The first-order valence-electron chi connectivity index (χ1n) is 13.3. The maximum Gasteiger partial charge on any atom is 0.220 e. The Labute approximate surface area is 192 Å². The van der Waals surface area contributed by atoms with E-state index < -0.39 is 18.2 Å². The molecule has 0 aliphatic rings. The predicted molar refractivity (Wildman–Crippen MR) is 130 cm³/mol. The summed E-state index contributed by atoms with van der Waals surface area (Å²) in [7, 11) is 0. The van der Waals surface area contributed by atoms with E-state index in [1.54, 1.807) is 0 Å². The number of hydrogen-bond acceptors (Lipinski definition) is 4. The van der Waals surface area contributed by atoms with Gasteiger partial charge in [-0.25, -0.2) is 0 Å². The van der Waals surface area contributed by atoms with Crippen LogP contribution in [0.4, 0.5) is 0 Å². The highest BCUT2D eigenvalue weighted by molar-refractivity contribution is 5.76. The fourth-order valence-corrected chi connectivity index (χ4v) is 4.04. The van der Waals surface area contributed by atoms with Gasteiger partial charge in [0, 0.05) is 6.42 Å². The zero-order valence-electron chi connectivity index (χ0n) is 20.6. The summed E-state index contributed by atoms with van der Waals surface area (Å²) in [5, 5.41) is 32.8. The smallest absolute Gasteiger partial charge is 0.220 e. The molecule has 3 atom stereocenters. The van der Waals surface area contributed by atoms with Gasteiger partial charge >= 0.3 is 0 Å². The van der Waals surface area contributed by atoms with E-state index in [0.29, 0.717) is 12.8 Å². The van der Waals surface area contributed by atoms with E-state index in [0.717, 1.165) is 38.5 Å². The quantitative estimate of drug-likeness (QED) is 0.154. The molecular formula is C26H53NO4. The van der Waals surface area contributed by atoms with Gasteiger partial charge in [0.15, 0.2) is 0 Å². The fraction of sp³-hybridized carbons (Fsp3) is 0.962. The fourth-order valence-electron chi connectivity index (χ4n) is 4.04. The standard InChI is InChI=1S/C26H53NO4/c1-3-5-7-9-10-11-12-13-14-15-17-18-20-24(29)26(31)23(22-28)27-25(30)21-19-16-8-6-4-2/h23-24,26,28-29,31H,3-22H2,1-2H3,(H,27,30)/t23-,24?,26-/m0/s1. The van der Waals surface area contributed by atoms with Crippen LogP contribution >= 0.6 is 0 Å². The Hall–Kier alpha value is -0.650. The largest absolute Gasteiger partial charge is 0.394 e. The summed E-state index contributed by atoms with van der Waals surface area (Å²) >= 11 is 0. The number of nitrogens with one attached hydrogen (secondary N) is 1. The van der Waals surface area contributed by atoms with E-state index in [4.69, 9.17) is 0 Å². The zero-order chi connectivity index (χ0) is 23.2. The first-order valence-corrected chi connectivity index (χ1v) is 13.3. The molecule has 1 amide bonds. The molecule has 0 aliphatic carbocycles. The van der Waals surface area contributed by atoms with Crippen LogP contribution < -0.4 is 5.32 Å². The van der Waals surface area contributed by atoms with Crippen molar-refractivity contribution >= 4 is 5.91 Å². The maximum absolute atomic E-state index is 12.0. The van der Waals surface area contributed by atoms with E-state index in [1.807, 2.05) is 0 Å². The molecule has 186 valence electrons. The predicted octanol–water partition coefficient (Wildman–Crippen LogP) is 5.64. The lowest BCUT2D eigenvalue weighted by atomic mass is 9.99. The van der Waals surface area contributed by atoms with Crippen molar-refractivity contribution in [3.05, 3.63) is 0 Å². The first-order chi connectivity index (χ1) is 15.1. The van der Waals surface area contributed by atoms with Crippen molar-refractivity contribution in [1.82, 2.24) is 5.32 Å². The van der Waals surface area contributed by atoms with Gasteiger partial charge in [0.2, 0.25) is 5.91 Å². The number of unbranched alkanes of at least 4 members (excludes halogenated alkanes) is 15. The van der Waals surface area contributed by atoms with Crippen molar-refractivity contribution in [2.24, 2.45) is 0 Å². The molecular weight excluding hydrogens is 390 g/mol. The molecule has 1 unspecified atom stereocenters. The number of amides is 1. The van der Waals surface area contributed by atoms with Gasteiger partial charge in [-0.1, -0.05) is 117 Å². The molecule has 4 N–H and O–H groups in total. The Morgan fingerprint density at radius 2 is 1.10 bits per heavy atom. The van der Waals surface area contributed by atoms with Crippen LogP contribution in [0.15, 0.2) is 0 Å². The molecule has 0 saturated heterocycles. The first kappa shape index (κ1) is 30.4. The molecule has 0 spiro atoms. The summed E-state index contributed by atoms with van der Waals surface area (Å²) in [6.07, 6.45) is 19.3. The van der Waals surface area contributed by atoms with Crippen LogP contribution in [0.3, 0.4) is 0 Å². The molecule has 5 heteroatoms. The third-order valence-corrected chi connectivity index (χ3v) is 6.21. The summed E-state index contributed by atoms with van der Waals surface area (Å²) in [6, 6.07) is -0.796. The minimum atomic E-state index is -1.12. The van der Waals surface area contributed by atoms with Gasteiger partial charge in [-0.15, -0.1) is 0 Å². The molecule has 0 aliphatic heterocycles. The Morgan fingerprint density at radius 1 is 0.677 bits per heavy atom. The van der Waals surface area contributed by atoms with Crippen molar-refractivity contribution in [2.45, 2.75) is 154 Å². The third kappa shape index (κ3) is 18.6. The van der Waals surface area contributed by atoms with Crippen molar-refractivity contribution < 1.29 is 20.1 Å². The minimum absolute atomic E-state index is 0.160. The molecule has 0 bridgehead atoms. The average molecular weight is 444 g/mol. The zero-order valence-corrected chi connectivity index (χ0v) is 20.6. The van der Waals surface area contributed by atoms with E-state index >= 15 is 0 Å². The van der Waals surface area contributed by atoms with Crippen LogP contribution in [-0.4, -0.2) is 46.1 Å². The van der Waals surface area contributed by atoms with E-state index in [-0.39, 0.29) is 12.5 Å². The molecule has 0 heterocycles. The SMILES string of the molecule is CCCCCCCCCCCCCCC(O)[C@@H](O)[C@H](CO)NC(=O)CCCCCCC. The number of carbonyl (C=O) groups excluding carboxylic acids is 1. The normalized spacial score (nSPS) is 14.4.